The van der Waals surface area contributed by atoms with Crippen molar-refractivity contribution in [3.8, 4) is 11.5 Å². The van der Waals surface area contributed by atoms with Crippen molar-refractivity contribution in [1.82, 2.24) is 10.3 Å². The fraction of sp³-hybridized carbons (Fsp3) is 0.364. The van der Waals surface area contributed by atoms with Gasteiger partial charge in [-0.1, -0.05) is 37.1 Å². The molecule has 1 aliphatic carbocycles. The number of thiophene rings is 1. The topological polar surface area (TPSA) is 55.1 Å². The standard InChI is InChI=1S/C22H24N2O2S2/c25-20(24-21(16-7-4-5-8-16)19-11-6-12-28-19)15-27-14-18-13-26-22(23-18)17-9-2-1-3-10-17/h1-3,6,9-13,16,21H,4-5,7-8,14-15H2,(H,24,25). The highest BCUT2D eigenvalue weighted by Crippen LogP contribution is 2.37. The summed E-state index contributed by atoms with van der Waals surface area (Å²) in [7, 11) is 0. The summed E-state index contributed by atoms with van der Waals surface area (Å²) in [4.78, 5) is 18.3. The third-order valence-corrected chi connectivity index (χ3v) is 7.01. The normalized spacial score (nSPS) is 15.6. The summed E-state index contributed by atoms with van der Waals surface area (Å²) in [6.07, 6.45) is 6.63. The number of hydrogen-bond donors (Lipinski definition) is 1. The molecule has 1 aliphatic rings. The number of oxazole rings is 1. The Kier molecular flexibility index (Phi) is 6.49. The second kappa shape index (κ2) is 9.43. The van der Waals surface area contributed by atoms with Crippen LogP contribution in [-0.4, -0.2) is 16.6 Å². The molecule has 1 atom stereocenters. The van der Waals surface area contributed by atoms with Crippen LogP contribution in [0.25, 0.3) is 11.5 Å². The van der Waals surface area contributed by atoms with Gasteiger partial charge in [0, 0.05) is 16.2 Å². The van der Waals surface area contributed by atoms with Crippen LogP contribution in [0.1, 0.15) is 42.3 Å². The Hall–Kier alpha value is -2.05. The van der Waals surface area contributed by atoms with Crippen LogP contribution >= 0.6 is 23.1 Å². The highest BCUT2D eigenvalue weighted by molar-refractivity contribution is 7.99. The largest absolute Gasteiger partial charge is 0.444 e. The molecule has 2 aromatic heterocycles. The van der Waals surface area contributed by atoms with E-state index in [9.17, 15) is 4.79 Å². The maximum Gasteiger partial charge on any atom is 0.230 e. The van der Waals surface area contributed by atoms with E-state index in [-0.39, 0.29) is 11.9 Å². The summed E-state index contributed by atoms with van der Waals surface area (Å²) < 4.78 is 5.57. The monoisotopic (exact) mass is 412 g/mol. The third kappa shape index (κ3) is 4.86. The van der Waals surface area contributed by atoms with Crippen molar-refractivity contribution in [1.29, 1.82) is 0 Å². The van der Waals surface area contributed by atoms with Gasteiger partial charge >= 0.3 is 0 Å². The van der Waals surface area contributed by atoms with Crippen LogP contribution in [0.5, 0.6) is 0 Å². The number of nitrogens with zero attached hydrogens (tertiary/aromatic N) is 1. The van der Waals surface area contributed by atoms with Gasteiger partial charge in [0.25, 0.3) is 0 Å². The third-order valence-electron chi connectivity index (χ3n) is 5.09. The minimum absolute atomic E-state index is 0.0991. The highest BCUT2D eigenvalue weighted by Gasteiger charge is 2.28. The molecule has 0 aliphatic heterocycles. The molecule has 0 radical (unpaired) electrons. The van der Waals surface area contributed by atoms with E-state index in [1.54, 1.807) is 29.4 Å². The predicted molar refractivity (Wildman–Crippen MR) is 115 cm³/mol. The molecule has 28 heavy (non-hydrogen) atoms. The first-order valence-corrected chi connectivity index (χ1v) is 11.7. The second-order valence-corrected chi connectivity index (χ2v) is 9.07. The molecule has 1 N–H and O–H groups in total. The van der Waals surface area contributed by atoms with Gasteiger partial charge in [0.05, 0.1) is 17.5 Å². The first-order chi connectivity index (χ1) is 13.8. The van der Waals surface area contributed by atoms with E-state index < -0.39 is 0 Å². The van der Waals surface area contributed by atoms with Crippen molar-refractivity contribution in [3.05, 3.63) is 64.7 Å². The number of hydrogen-bond acceptors (Lipinski definition) is 5. The van der Waals surface area contributed by atoms with Crippen LogP contribution in [0, 0.1) is 5.92 Å². The molecule has 0 saturated heterocycles. The zero-order valence-corrected chi connectivity index (χ0v) is 17.3. The van der Waals surface area contributed by atoms with E-state index >= 15 is 0 Å². The molecule has 0 spiro atoms. The molecule has 0 bridgehead atoms. The maximum absolute atomic E-state index is 12.6. The number of aromatic nitrogens is 1. The van der Waals surface area contributed by atoms with Crippen LogP contribution in [-0.2, 0) is 10.5 Å². The van der Waals surface area contributed by atoms with Gasteiger partial charge in [0.15, 0.2) is 0 Å². The average molecular weight is 413 g/mol. The first-order valence-electron chi connectivity index (χ1n) is 9.70. The zero-order chi connectivity index (χ0) is 19.2. The molecule has 1 unspecified atom stereocenters. The van der Waals surface area contributed by atoms with Gasteiger partial charge in [-0.05, 0) is 42.3 Å². The molecule has 4 rings (SSSR count). The minimum Gasteiger partial charge on any atom is -0.444 e. The Bertz CT molecular complexity index is 871. The van der Waals surface area contributed by atoms with E-state index in [1.807, 2.05) is 30.3 Å². The predicted octanol–water partition coefficient (Wildman–Crippen LogP) is 5.68. The Morgan fingerprint density at radius 1 is 1.21 bits per heavy atom. The van der Waals surface area contributed by atoms with Crippen LogP contribution < -0.4 is 5.32 Å². The van der Waals surface area contributed by atoms with Crippen molar-refractivity contribution in [2.24, 2.45) is 5.92 Å². The number of carbonyl (C=O) groups is 1. The molecule has 6 heteroatoms. The van der Waals surface area contributed by atoms with Crippen LogP contribution in [0.3, 0.4) is 0 Å². The number of benzene rings is 1. The van der Waals surface area contributed by atoms with E-state index in [0.29, 0.717) is 23.3 Å². The Morgan fingerprint density at radius 2 is 2.04 bits per heavy atom. The van der Waals surface area contributed by atoms with E-state index in [1.165, 1.54) is 30.6 Å². The van der Waals surface area contributed by atoms with Gasteiger partial charge in [-0.25, -0.2) is 4.98 Å². The molecular formula is C22H24N2O2S2. The molecule has 1 saturated carbocycles. The Labute approximate surface area is 173 Å². The van der Waals surface area contributed by atoms with Crippen molar-refractivity contribution >= 4 is 29.0 Å². The van der Waals surface area contributed by atoms with Gasteiger partial charge in [-0.3, -0.25) is 4.79 Å². The van der Waals surface area contributed by atoms with E-state index in [2.05, 4.69) is 27.8 Å². The van der Waals surface area contributed by atoms with Gasteiger partial charge in [0.2, 0.25) is 11.8 Å². The lowest BCUT2D eigenvalue weighted by Crippen LogP contribution is -2.33. The SMILES string of the molecule is O=C(CSCc1coc(-c2ccccc2)n1)NC(c1cccs1)C1CCCC1. The Morgan fingerprint density at radius 3 is 2.79 bits per heavy atom. The second-order valence-electron chi connectivity index (χ2n) is 7.11. The smallest absolute Gasteiger partial charge is 0.230 e. The molecule has 2 heterocycles. The van der Waals surface area contributed by atoms with Gasteiger partial charge in [-0.2, -0.15) is 0 Å². The van der Waals surface area contributed by atoms with Crippen molar-refractivity contribution < 1.29 is 9.21 Å². The van der Waals surface area contributed by atoms with Gasteiger partial charge in [-0.15, -0.1) is 23.1 Å². The molecule has 146 valence electrons. The summed E-state index contributed by atoms with van der Waals surface area (Å²) >= 11 is 3.31. The molecule has 3 aromatic rings. The van der Waals surface area contributed by atoms with Crippen molar-refractivity contribution in [2.45, 2.75) is 37.5 Å². The Balaban J connectivity index is 1.29. The summed E-state index contributed by atoms with van der Waals surface area (Å²) in [5.41, 5.74) is 1.83. The average Bonchev–Trinajstić information content (AvgIpc) is 3.49. The number of nitrogens with one attached hydrogen (secondary N) is 1. The quantitative estimate of drug-likeness (QED) is 0.517. The lowest BCUT2D eigenvalue weighted by atomic mass is 9.97. The lowest BCUT2D eigenvalue weighted by molar-refractivity contribution is -0.119. The summed E-state index contributed by atoms with van der Waals surface area (Å²) in [6.45, 7) is 0. The fourth-order valence-electron chi connectivity index (χ4n) is 3.73. The van der Waals surface area contributed by atoms with Crippen LogP contribution in [0.2, 0.25) is 0 Å². The molecule has 4 nitrogen and oxygen atoms in total. The molecule has 1 amide bonds. The maximum atomic E-state index is 12.6. The molecule has 1 fully saturated rings. The lowest BCUT2D eigenvalue weighted by Gasteiger charge is -2.23. The van der Waals surface area contributed by atoms with Crippen LogP contribution in [0.4, 0.5) is 0 Å². The number of carbonyl (C=O) groups excluding carboxylic acids is 1. The van der Waals surface area contributed by atoms with Crippen molar-refractivity contribution in [2.75, 3.05) is 5.75 Å². The van der Waals surface area contributed by atoms with Crippen molar-refractivity contribution in [3.63, 3.8) is 0 Å². The number of thioether (sulfide) groups is 1. The van der Waals surface area contributed by atoms with Crippen LogP contribution in [0.15, 0.2) is 58.5 Å². The summed E-state index contributed by atoms with van der Waals surface area (Å²) in [5, 5.41) is 5.38. The number of rotatable bonds is 8. The van der Waals surface area contributed by atoms with Gasteiger partial charge < -0.3 is 9.73 Å². The summed E-state index contributed by atoms with van der Waals surface area (Å²) in [5.74, 6) is 2.39. The minimum atomic E-state index is 0.0991. The zero-order valence-electron chi connectivity index (χ0n) is 15.7. The summed E-state index contributed by atoms with van der Waals surface area (Å²) in [6, 6.07) is 14.2. The first kappa shape index (κ1) is 19.3. The molecular weight excluding hydrogens is 388 g/mol. The van der Waals surface area contributed by atoms with E-state index in [0.717, 1.165) is 11.3 Å². The fourth-order valence-corrected chi connectivity index (χ4v) is 5.31. The van der Waals surface area contributed by atoms with E-state index in [4.69, 9.17) is 4.42 Å². The molecule has 1 aromatic carbocycles. The number of amides is 1. The van der Waals surface area contributed by atoms with Gasteiger partial charge in [0.1, 0.15) is 6.26 Å². The highest BCUT2D eigenvalue weighted by atomic mass is 32.2.